The second-order valence-electron chi connectivity index (χ2n) is 8.42. The van der Waals surface area contributed by atoms with E-state index >= 15 is 0 Å². The molecule has 2 aromatic carbocycles. The Labute approximate surface area is 207 Å². The van der Waals surface area contributed by atoms with Gasteiger partial charge in [0.1, 0.15) is 19.3 Å². The second kappa shape index (κ2) is 8.53. The van der Waals surface area contributed by atoms with E-state index in [1.807, 2.05) is 37.3 Å². The molecule has 2 aliphatic heterocycles. The Morgan fingerprint density at radius 3 is 2.63 bits per heavy atom. The van der Waals surface area contributed by atoms with Crippen molar-refractivity contribution in [2.75, 3.05) is 18.2 Å². The van der Waals surface area contributed by atoms with E-state index in [4.69, 9.17) is 11.6 Å². The number of benzene rings is 2. The molecule has 182 valence electrons. The van der Waals surface area contributed by atoms with E-state index in [2.05, 4.69) is 0 Å². The first kappa shape index (κ1) is 23.6. The van der Waals surface area contributed by atoms with Crippen LogP contribution in [0, 0.1) is 6.92 Å². The summed E-state index contributed by atoms with van der Waals surface area (Å²) in [7, 11) is 0. The standard InChI is InChI=1S/C24H19ClF3N3O3S/c1-13-4-2-6-15-19(18-14(10-35-22(13)15)5-3-7-16(18)25)31-12-29(11-24(26,27)28)23(34)20-21(33)17(32)8-9-30(20)31/h2-9,19,33H,10-12H2,1H3/t19-/m1/s1. The number of hydrogen-bond donors (Lipinski definition) is 1. The summed E-state index contributed by atoms with van der Waals surface area (Å²) in [5.74, 6) is -1.40. The van der Waals surface area contributed by atoms with Gasteiger partial charge in [-0.15, -0.1) is 11.8 Å². The summed E-state index contributed by atoms with van der Waals surface area (Å²) >= 11 is 8.28. The van der Waals surface area contributed by atoms with Crippen LogP contribution in [0.1, 0.15) is 38.8 Å². The molecule has 1 atom stereocenters. The van der Waals surface area contributed by atoms with Gasteiger partial charge >= 0.3 is 6.18 Å². The Morgan fingerprint density at radius 2 is 1.89 bits per heavy atom. The number of thioether (sulfide) groups is 1. The zero-order valence-electron chi connectivity index (χ0n) is 18.3. The third-order valence-electron chi connectivity index (χ3n) is 6.13. The van der Waals surface area contributed by atoms with E-state index in [0.29, 0.717) is 21.2 Å². The summed E-state index contributed by atoms with van der Waals surface area (Å²) in [5, 5.41) is 12.4. The number of pyridine rings is 1. The molecule has 0 saturated carbocycles. The lowest BCUT2D eigenvalue weighted by atomic mass is 9.93. The van der Waals surface area contributed by atoms with Crippen molar-refractivity contribution in [2.24, 2.45) is 0 Å². The van der Waals surface area contributed by atoms with Crippen molar-refractivity contribution < 1.29 is 23.1 Å². The fourth-order valence-electron chi connectivity index (χ4n) is 4.65. The van der Waals surface area contributed by atoms with Crippen LogP contribution in [-0.2, 0) is 5.75 Å². The van der Waals surface area contributed by atoms with Crippen molar-refractivity contribution in [1.82, 2.24) is 9.58 Å². The van der Waals surface area contributed by atoms with E-state index in [9.17, 15) is 27.9 Å². The molecule has 2 aliphatic rings. The molecule has 3 aromatic rings. The molecule has 0 fully saturated rings. The fraction of sp³-hybridized carbons (Fsp3) is 0.250. The molecule has 11 heteroatoms. The highest BCUT2D eigenvalue weighted by Crippen LogP contribution is 2.46. The van der Waals surface area contributed by atoms with Crippen LogP contribution in [0.4, 0.5) is 13.2 Å². The molecule has 0 saturated heterocycles. The number of rotatable bonds is 2. The van der Waals surface area contributed by atoms with E-state index in [-0.39, 0.29) is 0 Å². The van der Waals surface area contributed by atoms with Crippen molar-refractivity contribution in [3.8, 4) is 5.75 Å². The molecule has 3 heterocycles. The van der Waals surface area contributed by atoms with Crippen molar-refractivity contribution >= 4 is 29.3 Å². The summed E-state index contributed by atoms with van der Waals surface area (Å²) < 4.78 is 41.6. The Bertz CT molecular complexity index is 1410. The van der Waals surface area contributed by atoms with Crippen molar-refractivity contribution in [3.63, 3.8) is 0 Å². The second-order valence-corrected chi connectivity index (χ2v) is 9.81. The molecule has 0 unspecified atom stereocenters. The Hall–Kier alpha value is -3.11. The zero-order chi connectivity index (χ0) is 25.1. The number of nitrogens with zero attached hydrogens (tertiary/aromatic N) is 3. The van der Waals surface area contributed by atoms with Gasteiger partial charge in [0.25, 0.3) is 5.91 Å². The van der Waals surface area contributed by atoms with Crippen LogP contribution in [0.2, 0.25) is 5.02 Å². The van der Waals surface area contributed by atoms with Gasteiger partial charge in [-0.1, -0.05) is 41.9 Å². The van der Waals surface area contributed by atoms with E-state index < -0.39 is 48.2 Å². The molecule has 1 aromatic heterocycles. The molecular weight excluding hydrogens is 503 g/mol. The number of fused-ring (bicyclic) bond motifs is 3. The van der Waals surface area contributed by atoms with E-state index in [1.165, 1.54) is 15.9 Å². The van der Waals surface area contributed by atoms with Crippen molar-refractivity contribution in [2.45, 2.75) is 29.8 Å². The number of hydrogen-bond acceptors (Lipinski definition) is 5. The van der Waals surface area contributed by atoms with Gasteiger partial charge in [0, 0.05) is 33.5 Å². The number of aryl methyl sites for hydroxylation is 1. The van der Waals surface area contributed by atoms with Gasteiger partial charge in [-0.05, 0) is 29.7 Å². The highest BCUT2D eigenvalue weighted by molar-refractivity contribution is 7.98. The number of aromatic hydroxyl groups is 1. The quantitative estimate of drug-likeness (QED) is 0.523. The number of halogens is 4. The molecule has 5 rings (SSSR count). The molecule has 6 nitrogen and oxygen atoms in total. The fourth-order valence-corrected chi connectivity index (χ4v) is 6.14. The van der Waals surface area contributed by atoms with Gasteiger partial charge in [-0.2, -0.15) is 13.2 Å². The summed E-state index contributed by atoms with van der Waals surface area (Å²) in [5.41, 5.74) is 2.00. The molecule has 0 bridgehead atoms. The Kier molecular flexibility index (Phi) is 5.76. The highest BCUT2D eigenvalue weighted by atomic mass is 35.5. The number of amides is 1. The molecule has 0 radical (unpaired) electrons. The van der Waals surface area contributed by atoms with Gasteiger partial charge in [0.05, 0.1) is 0 Å². The first-order valence-electron chi connectivity index (χ1n) is 10.6. The van der Waals surface area contributed by atoms with Crippen LogP contribution in [0.3, 0.4) is 0 Å². The molecule has 1 N–H and O–H groups in total. The first-order chi connectivity index (χ1) is 16.6. The molecule has 35 heavy (non-hydrogen) atoms. The number of alkyl halides is 3. The number of carbonyl (C=O) groups excluding carboxylic acids is 1. The SMILES string of the molecule is Cc1cccc2c1SCc1cccc(Cl)c1[C@@H]2N1CN(CC(F)(F)F)C(=O)c2c(O)c(=O)ccn21. The van der Waals surface area contributed by atoms with Gasteiger partial charge in [0.2, 0.25) is 5.43 Å². The lowest BCUT2D eigenvalue weighted by Gasteiger charge is -2.44. The van der Waals surface area contributed by atoms with Crippen LogP contribution in [0.25, 0.3) is 0 Å². The smallest absolute Gasteiger partial charge is 0.406 e. The third kappa shape index (κ3) is 4.04. The number of carbonyl (C=O) groups is 1. The predicted molar refractivity (Wildman–Crippen MR) is 127 cm³/mol. The summed E-state index contributed by atoms with van der Waals surface area (Å²) in [6, 6.07) is 11.5. The monoisotopic (exact) mass is 521 g/mol. The van der Waals surface area contributed by atoms with Crippen LogP contribution in [-0.4, -0.2) is 40.0 Å². The minimum absolute atomic E-state index is 0.425. The lowest BCUT2D eigenvalue weighted by Crippen LogP contribution is -2.57. The minimum Gasteiger partial charge on any atom is -0.502 e. The lowest BCUT2D eigenvalue weighted by molar-refractivity contribution is -0.141. The number of aromatic nitrogens is 1. The van der Waals surface area contributed by atoms with Gasteiger partial charge in [-0.3, -0.25) is 19.3 Å². The normalized spacial score (nSPS) is 17.5. The van der Waals surface area contributed by atoms with Crippen LogP contribution in [0.5, 0.6) is 5.75 Å². The maximum absolute atomic E-state index is 13.4. The van der Waals surface area contributed by atoms with Crippen LogP contribution in [0.15, 0.2) is 58.4 Å². The third-order valence-corrected chi connectivity index (χ3v) is 7.76. The van der Waals surface area contributed by atoms with Crippen LogP contribution >= 0.6 is 23.4 Å². The molecule has 1 amide bonds. The zero-order valence-corrected chi connectivity index (χ0v) is 19.9. The first-order valence-corrected chi connectivity index (χ1v) is 12.0. The van der Waals surface area contributed by atoms with Crippen molar-refractivity contribution in [3.05, 3.63) is 91.9 Å². The largest absolute Gasteiger partial charge is 0.502 e. The molecule has 0 aliphatic carbocycles. The topological polar surface area (TPSA) is 65.8 Å². The summed E-state index contributed by atoms with van der Waals surface area (Å²) in [6.07, 6.45) is -3.39. The summed E-state index contributed by atoms with van der Waals surface area (Å²) in [6.45, 7) is -0.0315. The van der Waals surface area contributed by atoms with Crippen LogP contribution < -0.4 is 10.4 Å². The average Bonchev–Trinajstić information content (AvgIpc) is 2.96. The Balaban J connectivity index is 1.80. The average molecular weight is 522 g/mol. The van der Waals surface area contributed by atoms with Gasteiger partial charge < -0.3 is 10.0 Å². The predicted octanol–water partition coefficient (Wildman–Crippen LogP) is 4.82. The summed E-state index contributed by atoms with van der Waals surface area (Å²) in [4.78, 5) is 26.7. The highest BCUT2D eigenvalue weighted by Gasteiger charge is 2.43. The van der Waals surface area contributed by atoms with E-state index in [0.717, 1.165) is 27.7 Å². The molecule has 0 spiro atoms. The van der Waals surface area contributed by atoms with Gasteiger partial charge in [0.15, 0.2) is 11.4 Å². The van der Waals surface area contributed by atoms with E-state index in [1.54, 1.807) is 17.8 Å². The van der Waals surface area contributed by atoms with Gasteiger partial charge in [-0.25, -0.2) is 0 Å². The Morgan fingerprint density at radius 1 is 1.14 bits per heavy atom. The van der Waals surface area contributed by atoms with Crippen molar-refractivity contribution in [1.29, 1.82) is 0 Å². The maximum Gasteiger partial charge on any atom is 0.406 e. The maximum atomic E-state index is 13.4. The minimum atomic E-state index is -4.68. The molecular formula is C24H19ClF3N3O3S.